The molecule has 0 aromatic heterocycles. The van der Waals surface area contributed by atoms with E-state index in [9.17, 15) is 9.90 Å². The number of rotatable bonds is 6. The predicted molar refractivity (Wildman–Crippen MR) is 87.8 cm³/mol. The summed E-state index contributed by atoms with van der Waals surface area (Å²) in [6.45, 7) is 0. The summed E-state index contributed by atoms with van der Waals surface area (Å²) in [7, 11) is 0. The van der Waals surface area contributed by atoms with Crippen molar-refractivity contribution in [1.82, 2.24) is 5.43 Å². The third kappa shape index (κ3) is 5.31. The van der Waals surface area contributed by atoms with Crippen LogP contribution in [0, 0.1) is 0 Å². The van der Waals surface area contributed by atoms with Crippen molar-refractivity contribution < 1.29 is 9.90 Å². The van der Waals surface area contributed by atoms with E-state index in [1.807, 2.05) is 42.5 Å². The molecule has 0 spiro atoms. The van der Waals surface area contributed by atoms with Crippen molar-refractivity contribution in [2.45, 2.75) is 18.9 Å². The molecule has 114 valence electrons. The fraction of sp³-hybridized carbons (Fsp3) is 0.176. The van der Waals surface area contributed by atoms with Gasteiger partial charge in [-0.3, -0.25) is 4.79 Å². The molecule has 1 atom stereocenters. The summed E-state index contributed by atoms with van der Waals surface area (Å²) in [6.07, 6.45) is 1.42. The van der Waals surface area contributed by atoms with E-state index in [1.165, 1.54) is 6.21 Å². The summed E-state index contributed by atoms with van der Waals surface area (Å²) < 4.78 is 0. The molecule has 2 rings (SSSR count). The number of hydrazone groups is 1. The van der Waals surface area contributed by atoms with Crippen molar-refractivity contribution >= 4 is 23.7 Å². The van der Waals surface area contributed by atoms with Crippen LogP contribution in [0.15, 0.2) is 59.7 Å². The van der Waals surface area contributed by atoms with E-state index in [4.69, 9.17) is 11.6 Å². The van der Waals surface area contributed by atoms with Gasteiger partial charge in [-0.15, -0.1) is 0 Å². The number of nitrogens with zero attached hydrogens (tertiary/aromatic N) is 1. The second-order valence-electron chi connectivity index (χ2n) is 4.81. The number of amides is 1. The van der Waals surface area contributed by atoms with Gasteiger partial charge in [0.15, 0.2) is 0 Å². The Labute approximate surface area is 134 Å². The first-order valence-corrected chi connectivity index (χ1v) is 7.33. The number of hydrogen-bond acceptors (Lipinski definition) is 3. The normalized spacial score (nSPS) is 12.3. The highest BCUT2D eigenvalue weighted by molar-refractivity contribution is 6.30. The van der Waals surface area contributed by atoms with Crippen LogP contribution in [0.1, 0.15) is 30.1 Å². The Morgan fingerprint density at radius 3 is 2.73 bits per heavy atom. The highest BCUT2D eigenvalue weighted by Gasteiger charge is 2.09. The average molecular weight is 317 g/mol. The number of hydrogen-bond donors (Lipinski definition) is 2. The van der Waals surface area contributed by atoms with Gasteiger partial charge in [0.2, 0.25) is 5.91 Å². The lowest BCUT2D eigenvalue weighted by atomic mass is 10.1. The van der Waals surface area contributed by atoms with Crippen LogP contribution in [-0.2, 0) is 4.79 Å². The molecule has 0 bridgehead atoms. The molecule has 0 heterocycles. The molecular weight excluding hydrogens is 300 g/mol. The van der Waals surface area contributed by atoms with Crippen LogP contribution in [-0.4, -0.2) is 17.2 Å². The molecule has 0 radical (unpaired) electrons. The minimum Gasteiger partial charge on any atom is -0.388 e. The van der Waals surface area contributed by atoms with Crippen LogP contribution < -0.4 is 5.43 Å². The number of aliphatic hydroxyl groups is 1. The zero-order valence-electron chi connectivity index (χ0n) is 11.9. The van der Waals surface area contributed by atoms with E-state index in [0.29, 0.717) is 11.4 Å². The molecule has 22 heavy (non-hydrogen) atoms. The Bertz CT molecular complexity index is 644. The van der Waals surface area contributed by atoms with Gasteiger partial charge in [0.05, 0.1) is 12.3 Å². The van der Waals surface area contributed by atoms with E-state index in [-0.39, 0.29) is 12.3 Å². The maximum absolute atomic E-state index is 11.7. The first-order valence-electron chi connectivity index (χ1n) is 6.95. The Morgan fingerprint density at radius 2 is 2.00 bits per heavy atom. The van der Waals surface area contributed by atoms with Gasteiger partial charge in [0.25, 0.3) is 0 Å². The first kappa shape index (κ1) is 16.2. The van der Waals surface area contributed by atoms with Gasteiger partial charge in [-0.1, -0.05) is 54.1 Å². The van der Waals surface area contributed by atoms with Crippen LogP contribution >= 0.6 is 11.6 Å². The molecule has 2 N–H and O–H groups in total. The monoisotopic (exact) mass is 316 g/mol. The van der Waals surface area contributed by atoms with Gasteiger partial charge in [-0.25, -0.2) is 5.43 Å². The van der Waals surface area contributed by atoms with Crippen LogP contribution in [0.25, 0.3) is 0 Å². The minimum atomic E-state index is -0.649. The van der Waals surface area contributed by atoms with Crippen LogP contribution in [0.2, 0.25) is 5.02 Å². The number of carbonyl (C=O) groups is 1. The van der Waals surface area contributed by atoms with Gasteiger partial charge in [-0.2, -0.15) is 5.10 Å². The highest BCUT2D eigenvalue weighted by atomic mass is 35.5. The van der Waals surface area contributed by atoms with E-state index >= 15 is 0 Å². The van der Waals surface area contributed by atoms with Crippen LogP contribution in [0.3, 0.4) is 0 Å². The molecule has 0 aliphatic carbocycles. The van der Waals surface area contributed by atoms with Gasteiger partial charge >= 0.3 is 0 Å². The topological polar surface area (TPSA) is 61.7 Å². The summed E-state index contributed by atoms with van der Waals surface area (Å²) in [6, 6.07) is 16.4. The fourth-order valence-corrected chi connectivity index (χ4v) is 2.13. The Kier molecular flexibility index (Phi) is 6.13. The van der Waals surface area contributed by atoms with Crippen molar-refractivity contribution in [2.75, 3.05) is 0 Å². The molecule has 0 unspecified atom stereocenters. The molecule has 0 aliphatic heterocycles. The van der Waals surface area contributed by atoms with Crippen molar-refractivity contribution in [1.29, 1.82) is 0 Å². The Hall–Kier alpha value is -2.17. The van der Waals surface area contributed by atoms with Crippen molar-refractivity contribution in [2.24, 2.45) is 5.10 Å². The van der Waals surface area contributed by atoms with Gasteiger partial charge in [-0.05, 0) is 29.7 Å². The number of aliphatic hydroxyl groups excluding tert-OH is 1. The van der Waals surface area contributed by atoms with E-state index < -0.39 is 6.10 Å². The zero-order chi connectivity index (χ0) is 15.8. The first-order chi connectivity index (χ1) is 10.6. The standard InChI is InChI=1S/C17H17ClN2O2/c18-15-8-4-5-13(11-15)12-19-20-17(22)10-9-16(21)14-6-2-1-3-7-14/h1-8,11-12,16,21H,9-10H2,(H,20,22)/b19-12+/t16-/m0/s1. The van der Waals surface area contributed by atoms with Crippen LogP contribution in [0.5, 0.6) is 0 Å². The quantitative estimate of drug-likeness (QED) is 0.634. The van der Waals surface area contributed by atoms with E-state index in [1.54, 1.807) is 12.1 Å². The second-order valence-corrected chi connectivity index (χ2v) is 5.25. The van der Waals surface area contributed by atoms with Crippen molar-refractivity contribution in [3.8, 4) is 0 Å². The third-order valence-electron chi connectivity index (χ3n) is 3.08. The molecule has 0 aliphatic rings. The summed E-state index contributed by atoms with van der Waals surface area (Å²) in [4.78, 5) is 11.7. The summed E-state index contributed by atoms with van der Waals surface area (Å²) in [5.41, 5.74) is 4.04. The number of halogens is 1. The Balaban J connectivity index is 1.76. The van der Waals surface area contributed by atoms with Crippen molar-refractivity contribution in [3.63, 3.8) is 0 Å². The molecule has 0 saturated heterocycles. The van der Waals surface area contributed by atoms with Gasteiger partial charge < -0.3 is 5.11 Å². The van der Waals surface area contributed by atoms with Crippen molar-refractivity contribution in [3.05, 3.63) is 70.7 Å². The predicted octanol–water partition coefficient (Wildman–Crippen LogP) is 3.30. The molecule has 0 fully saturated rings. The van der Waals surface area contributed by atoms with Crippen LogP contribution in [0.4, 0.5) is 0 Å². The fourth-order valence-electron chi connectivity index (χ4n) is 1.93. The zero-order valence-corrected chi connectivity index (χ0v) is 12.7. The number of nitrogens with one attached hydrogen (secondary N) is 1. The third-order valence-corrected chi connectivity index (χ3v) is 3.32. The summed E-state index contributed by atoms with van der Waals surface area (Å²) >= 11 is 5.85. The number of carbonyl (C=O) groups excluding carboxylic acids is 1. The Morgan fingerprint density at radius 1 is 1.23 bits per heavy atom. The molecule has 1 amide bonds. The molecule has 4 nitrogen and oxygen atoms in total. The highest BCUT2D eigenvalue weighted by Crippen LogP contribution is 2.17. The SMILES string of the molecule is O=C(CC[C@H](O)c1ccccc1)N/N=C/c1cccc(Cl)c1. The van der Waals surface area contributed by atoms with Gasteiger partial charge in [0.1, 0.15) is 0 Å². The molecule has 5 heteroatoms. The number of benzene rings is 2. The smallest absolute Gasteiger partial charge is 0.240 e. The lowest BCUT2D eigenvalue weighted by Gasteiger charge is -2.09. The molecule has 0 saturated carbocycles. The average Bonchev–Trinajstić information content (AvgIpc) is 2.53. The van der Waals surface area contributed by atoms with E-state index in [2.05, 4.69) is 10.5 Å². The lowest BCUT2D eigenvalue weighted by Crippen LogP contribution is -2.18. The van der Waals surface area contributed by atoms with Gasteiger partial charge in [0, 0.05) is 11.4 Å². The lowest BCUT2D eigenvalue weighted by molar-refractivity contribution is -0.121. The maximum Gasteiger partial charge on any atom is 0.240 e. The maximum atomic E-state index is 11.7. The molecule has 2 aromatic rings. The minimum absolute atomic E-state index is 0.197. The largest absolute Gasteiger partial charge is 0.388 e. The summed E-state index contributed by atoms with van der Waals surface area (Å²) in [5.74, 6) is -0.242. The van der Waals surface area contributed by atoms with E-state index in [0.717, 1.165) is 11.1 Å². The molecular formula is C17H17ClN2O2. The summed E-state index contributed by atoms with van der Waals surface area (Å²) in [5, 5.41) is 14.5. The second kappa shape index (κ2) is 8.32. The molecule has 2 aromatic carbocycles.